The van der Waals surface area contributed by atoms with Crippen LogP contribution in [0.1, 0.15) is 12.0 Å². The summed E-state index contributed by atoms with van der Waals surface area (Å²) >= 11 is 0. The number of aliphatic hydroxyl groups is 1. The number of hydrogen-bond acceptors (Lipinski definition) is 5. The quantitative estimate of drug-likeness (QED) is 0.667. The molecule has 0 aliphatic carbocycles. The van der Waals surface area contributed by atoms with E-state index in [0.717, 1.165) is 5.56 Å². The smallest absolute Gasteiger partial charge is 0.237 e. The number of nitrogens with zero attached hydrogens (tertiary/aromatic N) is 1. The minimum atomic E-state index is -0.427. The van der Waals surface area contributed by atoms with Crippen LogP contribution in [0, 0.1) is 0 Å². The lowest BCUT2D eigenvalue weighted by atomic mass is 10.2. The topological polar surface area (TPSA) is 83.5 Å². The molecule has 6 heteroatoms. The molecule has 0 spiro atoms. The molecule has 2 unspecified atom stereocenters. The van der Waals surface area contributed by atoms with Gasteiger partial charge in [-0.05, 0) is 12.0 Å². The third-order valence-corrected chi connectivity index (χ3v) is 2.90. The van der Waals surface area contributed by atoms with Crippen LogP contribution in [-0.2, 0) is 11.3 Å². The minimum Gasteiger partial charge on any atom is -0.481 e. The first-order valence-electron chi connectivity index (χ1n) is 5.87. The predicted molar refractivity (Wildman–Crippen MR) is 65.1 cm³/mol. The van der Waals surface area contributed by atoms with Crippen LogP contribution in [0.2, 0.25) is 0 Å². The van der Waals surface area contributed by atoms with E-state index in [2.05, 4.69) is 15.6 Å². The lowest BCUT2D eigenvalue weighted by molar-refractivity contribution is -0.123. The molecule has 3 N–H and O–H groups in total. The molecule has 1 saturated heterocycles. The van der Waals surface area contributed by atoms with E-state index in [0.29, 0.717) is 25.4 Å². The molecule has 1 amide bonds. The van der Waals surface area contributed by atoms with Crippen LogP contribution in [0.4, 0.5) is 0 Å². The lowest BCUT2D eigenvalue weighted by Gasteiger charge is -2.11. The standard InChI is InChI=1S/C12H17N3O3/c1-18-11-3-2-8(5-14-11)6-15-12(17)10-4-9(16)7-13-10/h2-3,5,9-10,13,16H,4,6-7H2,1H3,(H,15,17). The van der Waals surface area contributed by atoms with Crippen molar-refractivity contribution in [2.75, 3.05) is 13.7 Å². The molecule has 6 nitrogen and oxygen atoms in total. The Bertz CT molecular complexity index is 408. The van der Waals surface area contributed by atoms with Gasteiger partial charge in [0.1, 0.15) is 0 Å². The fraction of sp³-hybridized carbons (Fsp3) is 0.500. The van der Waals surface area contributed by atoms with Crippen molar-refractivity contribution in [3.63, 3.8) is 0 Å². The van der Waals surface area contributed by atoms with E-state index in [1.54, 1.807) is 19.4 Å². The zero-order valence-electron chi connectivity index (χ0n) is 10.2. The second-order valence-corrected chi connectivity index (χ2v) is 4.28. The summed E-state index contributed by atoms with van der Waals surface area (Å²) in [5.74, 6) is 0.452. The first kappa shape index (κ1) is 12.8. The summed E-state index contributed by atoms with van der Waals surface area (Å²) < 4.78 is 4.95. The Morgan fingerprint density at radius 2 is 2.50 bits per heavy atom. The number of pyridine rings is 1. The molecule has 0 radical (unpaired) electrons. The SMILES string of the molecule is COc1ccc(CNC(=O)C2CC(O)CN2)cn1. The molecule has 2 heterocycles. The molecular weight excluding hydrogens is 234 g/mol. The Hall–Kier alpha value is -1.66. The summed E-state index contributed by atoms with van der Waals surface area (Å²) in [5.41, 5.74) is 0.905. The number of rotatable bonds is 4. The summed E-state index contributed by atoms with van der Waals surface area (Å²) in [7, 11) is 1.56. The summed E-state index contributed by atoms with van der Waals surface area (Å²) in [4.78, 5) is 15.8. The molecule has 1 aromatic heterocycles. The Labute approximate surface area is 105 Å². The Morgan fingerprint density at radius 3 is 3.06 bits per heavy atom. The van der Waals surface area contributed by atoms with Crippen molar-refractivity contribution >= 4 is 5.91 Å². The first-order chi connectivity index (χ1) is 8.69. The number of amides is 1. The molecule has 98 valence electrons. The third-order valence-electron chi connectivity index (χ3n) is 2.90. The molecule has 1 aromatic rings. The monoisotopic (exact) mass is 251 g/mol. The largest absolute Gasteiger partial charge is 0.481 e. The van der Waals surface area contributed by atoms with Crippen molar-refractivity contribution in [2.24, 2.45) is 0 Å². The van der Waals surface area contributed by atoms with Gasteiger partial charge in [-0.2, -0.15) is 0 Å². The molecule has 1 aliphatic heterocycles. The van der Waals surface area contributed by atoms with E-state index >= 15 is 0 Å². The Morgan fingerprint density at radius 1 is 1.67 bits per heavy atom. The minimum absolute atomic E-state index is 0.0950. The lowest BCUT2D eigenvalue weighted by Crippen LogP contribution is -2.40. The van der Waals surface area contributed by atoms with Crippen LogP contribution >= 0.6 is 0 Å². The van der Waals surface area contributed by atoms with Crippen molar-refractivity contribution in [2.45, 2.75) is 25.1 Å². The predicted octanol–water partition coefficient (Wildman–Crippen LogP) is -0.571. The molecule has 0 aromatic carbocycles. The van der Waals surface area contributed by atoms with E-state index in [-0.39, 0.29) is 11.9 Å². The van der Waals surface area contributed by atoms with Gasteiger partial charge < -0.3 is 20.5 Å². The van der Waals surface area contributed by atoms with Gasteiger partial charge in [-0.1, -0.05) is 6.07 Å². The highest BCUT2D eigenvalue weighted by molar-refractivity contribution is 5.82. The average molecular weight is 251 g/mol. The van der Waals surface area contributed by atoms with Gasteiger partial charge in [-0.15, -0.1) is 0 Å². The molecular formula is C12H17N3O3. The van der Waals surface area contributed by atoms with Crippen LogP contribution in [0.25, 0.3) is 0 Å². The van der Waals surface area contributed by atoms with Crippen molar-refractivity contribution in [3.05, 3.63) is 23.9 Å². The maximum absolute atomic E-state index is 11.8. The molecule has 2 atom stereocenters. The summed E-state index contributed by atoms with van der Waals surface area (Å²) in [6, 6.07) is 3.30. The summed E-state index contributed by atoms with van der Waals surface area (Å²) in [6.07, 6.45) is 1.70. The molecule has 18 heavy (non-hydrogen) atoms. The highest BCUT2D eigenvalue weighted by Crippen LogP contribution is 2.08. The molecule has 0 bridgehead atoms. The van der Waals surface area contributed by atoms with Gasteiger partial charge >= 0.3 is 0 Å². The highest BCUT2D eigenvalue weighted by atomic mass is 16.5. The van der Waals surface area contributed by atoms with E-state index in [1.165, 1.54) is 0 Å². The van der Waals surface area contributed by atoms with E-state index in [1.807, 2.05) is 6.07 Å². The number of aliphatic hydroxyl groups excluding tert-OH is 1. The number of carbonyl (C=O) groups is 1. The molecule has 1 fully saturated rings. The van der Waals surface area contributed by atoms with E-state index in [4.69, 9.17) is 4.74 Å². The van der Waals surface area contributed by atoms with Gasteiger partial charge in [0.25, 0.3) is 0 Å². The number of methoxy groups -OCH3 is 1. The maximum atomic E-state index is 11.8. The van der Waals surface area contributed by atoms with Crippen molar-refractivity contribution in [1.82, 2.24) is 15.6 Å². The van der Waals surface area contributed by atoms with Crippen molar-refractivity contribution < 1.29 is 14.6 Å². The number of hydrogen-bond donors (Lipinski definition) is 3. The molecule has 0 saturated carbocycles. The fourth-order valence-electron chi connectivity index (χ4n) is 1.87. The zero-order valence-corrected chi connectivity index (χ0v) is 10.2. The van der Waals surface area contributed by atoms with Gasteiger partial charge in [0.15, 0.2) is 0 Å². The van der Waals surface area contributed by atoms with Crippen LogP contribution in [-0.4, -0.2) is 41.8 Å². The van der Waals surface area contributed by atoms with Crippen LogP contribution < -0.4 is 15.4 Å². The van der Waals surface area contributed by atoms with Gasteiger partial charge in [0.2, 0.25) is 11.8 Å². The summed E-state index contributed by atoms with van der Waals surface area (Å²) in [6.45, 7) is 0.895. The second kappa shape index (κ2) is 5.79. The van der Waals surface area contributed by atoms with Gasteiger partial charge in [0, 0.05) is 25.4 Å². The van der Waals surface area contributed by atoms with Gasteiger partial charge in [0.05, 0.1) is 19.3 Å². The molecule has 1 aliphatic rings. The van der Waals surface area contributed by atoms with Gasteiger partial charge in [-0.3, -0.25) is 4.79 Å². The fourth-order valence-corrected chi connectivity index (χ4v) is 1.87. The number of nitrogens with one attached hydrogen (secondary N) is 2. The number of carbonyl (C=O) groups excluding carboxylic acids is 1. The molecule has 2 rings (SSSR count). The van der Waals surface area contributed by atoms with E-state index in [9.17, 15) is 9.90 Å². The van der Waals surface area contributed by atoms with Crippen LogP contribution in [0.15, 0.2) is 18.3 Å². The number of β-amino-alcohol motifs (C(OH)–C–C–N with tert-alkyl or cyclic N) is 1. The number of aromatic nitrogens is 1. The van der Waals surface area contributed by atoms with Crippen molar-refractivity contribution in [3.8, 4) is 5.88 Å². The Kier molecular flexibility index (Phi) is 4.11. The second-order valence-electron chi connectivity index (χ2n) is 4.28. The summed E-state index contributed by atoms with van der Waals surface area (Å²) in [5, 5.41) is 15.1. The normalized spacial score (nSPS) is 22.8. The third kappa shape index (κ3) is 3.18. The van der Waals surface area contributed by atoms with Crippen LogP contribution in [0.5, 0.6) is 5.88 Å². The van der Waals surface area contributed by atoms with Gasteiger partial charge in [-0.25, -0.2) is 4.98 Å². The maximum Gasteiger partial charge on any atom is 0.237 e. The Balaban J connectivity index is 1.81. The number of ether oxygens (including phenoxy) is 1. The highest BCUT2D eigenvalue weighted by Gasteiger charge is 2.27. The van der Waals surface area contributed by atoms with Crippen molar-refractivity contribution in [1.29, 1.82) is 0 Å². The van der Waals surface area contributed by atoms with Crippen LogP contribution in [0.3, 0.4) is 0 Å². The van der Waals surface area contributed by atoms with E-state index < -0.39 is 6.10 Å². The average Bonchev–Trinajstić information content (AvgIpc) is 2.83. The first-order valence-corrected chi connectivity index (χ1v) is 5.87. The zero-order chi connectivity index (χ0) is 13.0.